The fourth-order valence-electron chi connectivity index (χ4n) is 1.32. The van der Waals surface area contributed by atoms with Gasteiger partial charge in [0.1, 0.15) is 0 Å². The maximum Gasteiger partial charge on any atom is 0.0929 e. The largest absolute Gasteiger partial charge is 0.130 e. The SMILES string of the molecule is Clc1cc(C(Cl)c2cccc(Br)c2)sc1Br. The molecule has 1 heterocycles. The van der Waals surface area contributed by atoms with E-state index in [9.17, 15) is 0 Å². The smallest absolute Gasteiger partial charge is 0.0929 e. The molecule has 1 aromatic heterocycles. The molecule has 0 amide bonds. The molecule has 16 heavy (non-hydrogen) atoms. The van der Waals surface area contributed by atoms with Crippen LogP contribution >= 0.6 is 66.4 Å². The molecule has 0 N–H and O–H groups in total. The number of benzene rings is 1. The normalized spacial score (nSPS) is 12.8. The predicted octanol–water partition coefficient (Wildman–Crippen LogP) is 6.25. The minimum absolute atomic E-state index is 0.161. The molecule has 0 nitrogen and oxygen atoms in total. The lowest BCUT2D eigenvalue weighted by atomic mass is 10.1. The Morgan fingerprint density at radius 2 is 1.94 bits per heavy atom. The monoisotopic (exact) mass is 398 g/mol. The Bertz CT molecular complexity index is 491. The van der Waals surface area contributed by atoms with Gasteiger partial charge in [0.15, 0.2) is 0 Å². The summed E-state index contributed by atoms with van der Waals surface area (Å²) in [6.07, 6.45) is 0. The first-order valence-corrected chi connectivity index (χ1v) is 7.64. The van der Waals surface area contributed by atoms with E-state index in [2.05, 4.69) is 31.9 Å². The van der Waals surface area contributed by atoms with E-state index in [1.54, 1.807) is 11.3 Å². The summed E-state index contributed by atoms with van der Waals surface area (Å²) in [6, 6.07) is 9.86. The van der Waals surface area contributed by atoms with Crippen LogP contribution in [-0.2, 0) is 0 Å². The summed E-state index contributed by atoms with van der Waals surface area (Å²) in [6.45, 7) is 0. The highest BCUT2D eigenvalue weighted by Gasteiger charge is 2.15. The molecule has 5 heteroatoms. The highest BCUT2D eigenvalue weighted by molar-refractivity contribution is 9.11. The van der Waals surface area contributed by atoms with E-state index in [0.717, 1.165) is 18.7 Å². The molecule has 0 aliphatic carbocycles. The minimum atomic E-state index is -0.161. The number of hydrogen-bond donors (Lipinski definition) is 0. The molecule has 0 saturated carbocycles. The molecule has 1 unspecified atom stereocenters. The summed E-state index contributed by atoms with van der Waals surface area (Å²) in [5, 5.41) is 0.548. The number of halogens is 4. The van der Waals surface area contributed by atoms with Gasteiger partial charge in [0, 0.05) is 9.35 Å². The third-order valence-electron chi connectivity index (χ3n) is 2.06. The molecule has 0 radical (unpaired) electrons. The Hall–Kier alpha value is 0.460. The molecule has 0 aliphatic heterocycles. The van der Waals surface area contributed by atoms with Crippen molar-refractivity contribution in [2.45, 2.75) is 5.38 Å². The van der Waals surface area contributed by atoms with E-state index in [4.69, 9.17) is 23.2 Å². The van der Waals surface area contributed by atoms with Gasteiger partial charge in [0.05, 0.1) is 14.2 Å². The molecule has 84 valence electrons. The van der Waals surface area contributed by atoms with Crippen molar-refractivity contribution in [3.05, 3.63) is 54.1 Å². The average molecular weight is 401 g/mol. The number of rotatable bonds is 2. The zero-order valence-corrected chi connectivity index (χ0v) is 13.4. The first-order valence-electron chi connectivity index (χ1n) is 4.42. The van der Waals surface area contributed by atoms with E-state index in [1.807, 2.05) is 30.3 Å². The molecular formula is C11H6Br2Cl2S. The van der Waals surface area contributed by atoms with Gasteiger partial charge in [0.2, 0.25) is 0 Å². The molecule has 0 saturated heterocycles. The summed E-state index contributed by atoms with van der Waals surface area (Å²) >= 11 is 20.8. The van der Waals surface area contributed by atoms with Gasteiger partial charge in [-0.2, -0.15) is 0 Å². The van der Waals surface area contributed by atoms with Crippen molar-refractivity contribution >= 4 is 66.4 Å². The van der Waals surface area contributed by atoms with Gasteiger partial charge in [-0.3, -0.25) is 0 Å². The molecule has 1 aromatic carbocycles. The van der Waals surface area contributed by atoms with Crippen LogP contribution in [0.25, 0.3) is 0 Å². The number of hydrogen-bond acceptors (Lipinski definition) is 1. The predicted molar refractivity (Wildman–Crippen MR) is 78.9 cm³/mol. The summed E-state index contributed by atoms with van der Waals surface area (Å²) in [7, 11) is 0. The van der Waals surface area contributed by atoms with E-state index in [0.29, 0.717) is 5.02 Å². The molecule has 2 aromatic rings. The van der Waals surface area contributed by atoms with Crippen molar-refractivity contribution in [1.29, 1.82) is 0 Å². The maximum atomic E-state index is 6.40. The van der Waals surface area contributed by atoms with Gasteiger partial charge in [-0.05, 0) is 39.7 Å². The lowest BCUT2D eigenvalue weighted by Gasteiger charge is -2.07. The molecule has 1 atom stereocenters. The van der Waals surface area contributed by atoms with Gasteiger partial charge in [-0.15, -0.1) is 22.9 Å². The van der Waals surface area contributed by atoms with E-state index in [-0.39, 0.29) is 5.38 Å². The van der Waals surface area contributed by atoms with Crippen LogP contribution in [-0.4, -0.2) is 0 Å². The van der Waals surface area contributed by atoms with Crippen molar-refractivity contribution in [2.24, 2.45) is 0 Å². The van der Waals surface area contributed by atoms with Gasteiger partial charge >= 0.3 is 0 Å². The zero-order chi connectivity index (χ0) is 11.7. The Morgan fingerprint density at radius 3 is 2.50 bits per heavy atom. The van der Waals surface area contributed by atoms with Gasteiger partial charge in [-0.25, -0.2) is 0 Å². The van der Waals surface area contributed by atoms with Crippen LogP contribution in [0.2, 0.25) is 5.02 Å². The Morgan fingerprint density at radius 1 is 1.19 bits per heavy atom. The highest BCUT2D eigenvalue weighted by atomic mass is 79.9. The van der Waals surface area contributed by atoms with Crippen molar-refractivity contribution in [3.63, 3.8) is 0 Å². The van der Waals surface area contributed by atoms with Crippen LogP contribution in [0, 0.1) is 0 Å². The number of thiophene rings is 1. The van der Waals surface area contributed by atoms with Gasteiger partial charge < -0.3 is 0 Å². The summed E-state index contributed by atoms with van der Waals surface area (Å²) in [5.41, 5.74) is 1.06. The number of alkyl halides is 1. The van der Waals surface area contributed by atoms with Crippen LogP contribution in [0.15, 0.2) is 38.6 Å². The fraction of sp³-hybridized carbons (Fsp3) is 0.0909. The molecule has 0 aliphatic rings. The van der Waals surface area contributed by atoms with E-state index < -0.39 is 0 Å². The molecular weight excluding hydrogens is 395 g/mol. The lowest BCUT2D eigenvalue weighted by molar-refractivity contribution is 1.18. The minimum Gasteiger partial charge on any atom is -0.130 e. The van der Waals surface area contributed by atoms with E-state index >= 15 is 0 Å². The van der Waals surface area contributed by atoms with Gasteiger partial charge in [0.25, 0.3) is 0 Å². The summed E-state index contributed by atoms with van der Waals surface area (Å²) in [4.78, 5) is 1.04. The Balaban J connectivity index is 2.35. The van der Waals surface area contributed by atoms with Crippen LogP contribution in [0.4, 0.5) is 0 Å². The maximum absolute atomic E-state index is 6.40. The average Bonchev–Trinajstić information content (AvgIpc) is 2.58. The topological polar surface area (TPSA) is 0 Å². The van der Waals surface area contributed by atoms with Crippen LogP contribution in [0.5, 0.6) is 0 Å². The van der Waals surface area contributed by atoms with Crippen LogP contribution < -0.4 is 0 Å². The van der Waals surface area contributed by atoms with Crippen LogP contribution in [0.1, 0.15) is 15.8 Å². The second-order valence-corrected chi connectivity index (χ2v) is 7.35. The van der Waals surface area contributed by atoms with Crippen molar-refractivity contribution in [2.75, 3.05) is 0 Å². The third-order valence-corrected chi connectivity index (χ3v) is 5.70. The third kappa shape index (κ3) is 2.82. The quantitative estimate of drug-likeness (QED) is 0.522. The van der Waals surface area contributed by atoms with Crippen molar-refractivity contribution in [1.82, 2.24) is 0 Å². The molecule has 2 rings (SSSR count). The van der Waals surface area contributed by atoms with Crippen LogP contribution in [0.3, 0.4) is 0 Å². The van der Waals surface area contributed by atoms with Gasteiger partial charge in [-0.1, -0.05) is 39.7 Å². The summed E-state index contributed by atoms with van der Waals surface area (Å²) < 4.78 is 1.95. The molecule has 0 bridgehead atoms. The lowest BCUT2D eigenvalue weighted by Crippen LogP contribution is -1.89. The van der Waals surface area contributed by atoms with Crippen molar-refractivity contribution in [3.8, 4) is 0 Å². The molecule has 0 spiro atoms. The highest BCUT2D eigenvalue weighted by Crippen LogP contribution is 2.40. The summed E-state index contributed by atoms with van der Waals surface area (Å²) in [5.74, 6) is 0. The molecule has 0 fully saturated rings. The zero-order valence-electron chi connectivity index (χ0n) is 7.88. The first kappa shape index (κ1) is 12.9. The Kier molecular flexibility index (Phi) is 4.36. The standard InChI is InChI=1S/C11H6Br2Cl2S/c12-7-3-1-2-6(4-7)10(15)9-5-8(14)11(13)16-9/h1-5,10H. The second-order valence-electron chi connectivity index (χ2n) is 3.19. The first-order chi connectivity index (χ1) is 7.58. The van der Waals surface area contributed by atoms with Crippen molar-refractivity contribution < 1.29 is 0 Å². The second kappa shape index (κ2) is 5.40. The Labute approximate surface area is 125 Å². The fourth-order valence-corrected chi connectivity index (χ4v) is 3.82. The van der Waals surface area contributed by atoms with E-state index in [1.165, 1.54) is 0 Å².